The van der Waals surface area contributed by atoms with Gasteiger partial charge in [0.05, 0.1) is 10.7 Å². The molecular weight excluding hydrogens is 347 g/mol. The third-order valence-electron chi connectivity index (χ3n) is 2.53. The lowest BCUT2D eigenvalue weighted by molar-refractivity contribution is 0.102. The van der Waals surface area contributed by atoms with E-state index in [0.717, 1.165) is 0 Å². The quantitative estimate of drug-likeness (QED) is 0.822. The zero-order chi connectivity index (χ0) is 14.7. The van der Waals surface area contributed by atoms with Crippen LogP contribution in [0.4, 0.5) is 10.1 Å². The highest BCUT2D eigenvalue weighted by molar-refractivity contribution is 9.10. The van der Waals surface area contributed by atoms with E-state index in [-0.39, 0.29) is 11.3 Å². The number of hydrogen-bond donors (Lipinski definition) is 1. The average molecular weight is 356 g/mol. The Morgan fingerprint density at radius 3 is 2.80 bits per heavy atom. The molecule has 0 aliphatic heterocycles. The molecule has 1 amide bonds. The summed E-state index contributed by atoms with van der Waals surface area (Å²) in [7, 11) is 0. The van der Waals surface area contributed by atoms with Crippen molar-refractivity contribution in [2.24, 2.45) is 0 Å². The molecule has 3 nitrogen and oxygen atoms in total. The standard InChI is InChI=1S/C14H9BrClFN2O/c1-2-8-6-7-11(18-13(8)17)14(20)19-10-5-3-4-9(15)12(10)16/h2-7H,1H2,(H,19,20). The average Bonchev–Trinajstić information content (AvgIpc) is 2.43. The lowest BCUT2D eigenvalue weighted by Gasteiger charge is -2.08. The molecule has 1 aromatic carbocycles. The van der Waals surface area contributed by atoms with Crippen molar-refractivity contribution in [3.8, 4) is 0 Å². The molecule has 0 spiro atoms. The van der Waals surface area contributed by atoms with Gasteiger partial charge in [-0.25, -0.2) is 4.98 Å². The molecule has 0 unspecified atom stereocenters. The van der Waals surface area contributed by atoms with E-state index >= 15 is 0 Å². The summed E-state index contributed by atoms with van der Waals surface area (Å²) < 4.78 is 14.1. The van der Waals surface area contributed by atoms with E-state index in [0.29, 0.717) is 15.2 Å². The summed E-state index contributed by atoms with van der Waals surface area (Å²) in [5.41, 5.74) is 0.618. The highest BCUT2D eigenvalue weighted by Gasteiger charge is 2.13. The van der Waals surface area contributed by atoms with Crippen LogP contribution in [0.2, 0.25) is 5.02 Å². The number of nitrogens with one attached hydrogen (secondary N) is 1. The monoisotopic (exact) mass is 354 g/mol. The first-order valence-electron chi connectivity index (χ1n) is 5.57. The van der Waals surface area contributed by atoms with Gasteiger partial charge in [-0.1, -0.05) is 30.3 Å². The van der Waals surface area contributed by atoms with Gasteiger partial charge in [0.15, 0.2) is 0 Å². The largest absolute Gasteiger partial charge is 0.319 e. The molecule has 0 fully saturated rings. The second-order valence-corrected chi connectivity index (χ2v) is 5.07. The van der Waals surface area contributed by atoms with Crippen molar-refractivity contribution >= 4 is 45.2 Å². The van der Waals surface area contributed by atoms with Crippen LogP contribution in [0.5, 0.6) is 0 Å². The molecule has 0 aliphatic carbocycles. The summed E-state index contributed by atoms with van der Waals surface area (Å²) >= 11 is 9.29. The van der Waals surface area contributed by atoms with Crippen LogP contribution in [0.25, 0.3) is 6.08 Å². The fourth-order valence-electron chi connectivity index (χ4n) is 1.51. The van der Waals surface area contributed by atoms with Crippen LogP contribution in [-0.4, -0.2) is 10.9 Å². The van der Waals surface area contributed by atoms with Crippen LogP contribution < -0.4 is 5.32 Å². The Kier molecular flexibility index (Phi) is 4.52. The zero-order valence-electron chi connectivity index (χ0n) is 10.2. The maximum absolute atomic E-state index is 13.5. The summed E-state index contributed by atoms with van der Waals surface area (Å²) in [6, 6.07) is 7.96. The number of nitrogens with zero attached hydrogens (tertiary/aromatic N) is 1. The van der Waals surface area contributed by atoms with Gasteiger partial charge in [0, 0.05) is 10.0 Å². The van der Waals surface area contributed by atoms with Crippen molar-refractivity contribution in [2.75, 3.05) is 5.32 Å². The van der Waals surface area contributed by atoms with Gasteiger partial charge >= 0.3 is 0 Å². The third-order valence-corrected chi connectivity index (χ3v) is 3.83. The Bertz CT molecular complexity index is 691. The molecule has 20 heavy (non-hydrogen) atoms. The fraction of sp³-hybridized carbons (Fsp3) is 0. The molecule has 0 aliphatic rings. The van der Waals surface area contributed by atoms with E-state index < -0.39 is 11.9 Å². The summed E-state index contributed by atoms with van der Waals surface area (Å²) in [4.78, 5) is 15.6. The number of halogens is 3. The van der Waals surface area contributed by atoms with Crippen LogP contribution in [-0.2, 0) is 0 Å². The Morgan fingerprint density at radius 2 is 2.15 bits per heavy atom. The molecule has 2 rings (SSSR count). The number of amides is 1. The van der Waals surface area contributed by atoms with Gasteiger partial charge in [0.25, 0.3) is 5.91 Å². The van der Waals surface area contributed by atoms with E-state index in [2.05, 4.69) is 32.8 Å². The van der Waals surface area contributed by atoms with E-state index in [1.807, 2.05) is 0 Å². The highest BCUT2D eigenvalue weighted by Crippen LogP contribution is 2.30. The van der Waals surface area contributed by atoms with Crippen molar-refractivity contribution in [2.45, 2.75) is 0 Å². The lowest BCUT2D eigenvalue weighted by atomic mass is 10.2. The van der Waals surface area contributed by atoms with Crippen molar-refractivity contribution in [3.63, 3.8) is 0 Å². The number of aromatic nitrogens is 1. The summed E-state index contributed by atoms with van der Waals surface area (Å²) in [6.07, 6.45) is 1.33. The second-order valence-electron chi connectivity index (χ2n) is 3.84. The Balaban J connectivity index is 2.26. The molecule has 0 atom stereocenters. The molecule has 1 aromatic heterocycles. The predicted molar refractivity (Wildman–Crippen MR) is 81.4 cm³/mol. The van der Waals surface area contributed by atoms with Gasteiger partial charge in [-0.15, -0.1) is 0 Å². The lowest BCUT2D eigenvalue weighted by Crippen LogP contribution is -2.15. The summed E-state index contributed by atoms with van der Waals surface area (Å²) in [6.45, 7) is 3.45. The van der Waals surface area contributed by atoms with Crippen LogP contribution >= 0.6 is 27.5 Å². The smallest absolute Gasteiger partial charge is 0.274 e. The molecule has 2 aromatic rings. The molecular formula is C14H9BrClFN2O. The van der Waals surface area contributed by atoms with Gasteiger partial charge < -0.3 is 5.32 Å². The van der Waals surface area contributed by atoms with E-state index in [9.17, 15) is 9.18 Å². The normalized spacial score (nSPS) is 10.2. The topological polar surface area (TPSA) is 42.0 Å². The highest BCUT2D eigenvalue weighted by atomic mass is 79.9. The number of pyridine rings is 1. The molecule has 102 valence electrons. The van der Waals surface area contributed by atoms with Crippen molar-refractivity contribution in [1.82, 2.24) is 4.98 Å². The number of rotatable bonds is 3. The number of carbonyl (C=O) groups excluding carboxylic acids is 1. The van der Waals surface area contributed by atoms with Gasteiger partial charge in [-0.2, -0.15) is 4.39 Å². The van der Waals surface area contributed by atoms with Crippen LogP contribution in [0, 0.1) is 5.95 Å². The van der Waals surface area contributed by atoms with Crippen LogP contribution in [0.1, 0.15) is 16.1 Å². The first-order valence-corrected chi connectivity index (χ1v) is 6.74. The van der Waals surface area contributed by atoms with Crippen molar-refractivity contribution in [1.29, 1.82) is 0 Å². The number of hydrogen-bond acceptors (Lipinski definition) is 2. The summed E-state index contributed by atoms with van der Waals surface area (Å²) in [5.74, 6) is -1.28. The van der Waals surface area contributed by atoms with Crippen LogP contribution in [0.15, 0.2) is 41.4 Å². The minimum Gasteiger partial charge on any atom is -0.319 e. The van der Waals surface area contributed by atoms with Crippen LogP contribution in [0.3, 0.4) is 0 Å². The first kappa shape index (κ1) is 14.7. The summed E-state index contributed by atoms with van der Waals surface area (Å²) in [5, 5.41) is 2.94. The minimum absolute atomic E-state index is 0.0378. The van der Waals surface area contributed by atoms with E-state index in [4.69, 9.17) is 11.6 Å². The molecule has 6 heteroatoms. The fourth-order valence-corrected chi connectivity index (χ4v) is 2.05. The number of anilines is 1. The third kappa shape index (κ3) is 3.05. The molecule has 0 radical (unpaired) electrons. The SMILES string of the molecule is C=Cc1ccc(C(=O)Nc2cccc(Br)c2Cl)nc1F. The van der Waals surface area contributed by atoms with E-state index in [1.54, 1.807) is 18.2 Å². The molecule has 1 heterocycles. The van der Waals surface area contributed by atoms with Crippen molar-refractivity contribution < 1.29 is 9.18 Å². The van der Waals surface area contributed by atoms with Gasteiger partial charge in [0.2, 0.25) is 5.95 Å². The maximum Gasteiger partial charge on any atom is 0.274 e. The first-order chi connectivity index (χ1) is 9.52. The van der Waals surface area contributed by atoms with E-state index in [1.165, 1.54) is 18.2 Å². The molecule has 0 bridgehead atoms. The van der Waals surface area contributed by atoms with Gasteiger partial charge in [-0.05, 0) is 40.2 Å². The number of carbonyl (C=O) groups is 1. The minimum atomic E-state index is -0.743. The second kappa shape index (κ2) is 6.15. The Labute approximate surface area is 128 Å². The predicted octanol–water partition coefficient (Wildman–Crippen LogP) is 4.53. The Hall–Kier alpha value is -1.72. The zero-order valence-corrected chi connectivity index (χ0v) is 12.5. The van der Waals surface area contributed by atoms with Crippen molar-refractivity contribution in [3.05, 3.63) is 63.6 Å². The maximum atomic E-state index is 13.5. The Morgan fingerprint density at radius 1 is 1.40 bits per heavy atom. The number of benzene rings is 1. The van der Waals surface area contributed by atoms with Gasteiger partial charge in [-0.3, -0.25) is 4.79 Å². The van der Waals surface area contributed by atoms with Gasteiger partial charge in [0.1, 0.15) is 5.69 Å². The molecule has 1 N–H and O–H groups in total. The molecule has 0 saturated carbocycles. The molecule has 0 saturated heterocycles.